The molecule has 0 atom stereocenters. The van der Waals surface area contributed by atoms with E-state index in [1.165, 1.54) is 0 Å². The maximum absolute atomic E-state index is 11.8. The van der Waals surface area contributed by atoms with Gasteiger partial charge in [-0.2, -0.15) is 0 Å². The van der Waals surface area contributed by atoms with Gasteiger partial charge in [0, 0.05) is 13.0 Å². The molecule has 0 aliphatic rings. The molecule has 0 radical (unpaired) electrons. The maximum Gasteiger partial charge on any atom is 0.159 e. The van der Waals surface area contributed by atoms with Crippen molar-refractivity contribution in [3.63, 3.8) is 0 Å². The van der Waals surface area contributed by atoms with Crippen molar-refractivity contribution < 1.29 is 4.79 Å². The molecule has 1 aromatic rings. The zero-order valence-corrected chi connectivity index (χ0v) is 10.2. The number of hydrogen-bond acceptors (Lipinski definition) is 2. The number of rotatable bonds is 5. The van der Waals surface area contributed by atoms with Gasteiger partial charge >= 0.3 is 0 Å². The molecule has 0 bridgehead atoms. The van der Waals surface area contributed by atoms with Crippen LogP contribution in [0.3, 0.4) is 0 Å². The van der Waals surface area contributed by atoms with Crippen molar-refractivity contribution in [2.45, 2.75) is 13.3 Å². The van der Waals surface area contributed by atoms with Gasteiger partial charge in [-0.1, -0.05) is 30.3 Å². The summed E-state index contributed by atoms with van der Waals surface area (Å²) in [6.07, 6.45) is 2.53. The van der Waals surface area contributed by atoms with Crippen LogP contribution in [-0.4, -0.2) is 31.3 Å². The molecule has 0 unspecified atom stereocenters. The first kappa shape index (κ1) is 12.7. The quantitative estimate of drug-likeness (QED) is 0.707. The van der Waals surface area contributed by atoms with E-state index in [1.54, 1.807) is 0 Å². The predicted molar refractivity (Wildman–Crippen MR) is 68.3 cm³/mol. The van der Waals surface area contributed by atoms with Crippen LogP contribution in [0.1, 0.15) is 18.9 Å². The average molecular weight is 217 g/mol. The van der Waals surface area contributed by atoms with Gasteiger partial charge < -0.3 is 4.90 Å². The van der Waals surface area contributed by atoms with Gasteiger partial charge in [0.05, 0.1) is 0 Å². The fourth-order valence-corrected chi connectivity index (χ4v) is 1.40. The molecule has 16 heavy (non-hydrogen) atoms. The van der Waals surface area contributed by atoms with Crippen LogP contribution >= 0.6 is 0 Å². The molecule has 0 N–H and O–H groups in total. The van der Waals surface area contributed by atoms with Gasteiger partial charge in [0.25, 0.3) is 0 Å². The second-order valence-corrected chi connectivity index (χ2v) is 4.21. The number of hydrogen-bond donors (Lipinski definition) is 0. The van der Waals surface area contributed by atoms with Crippen LogP contribution in [0.5, 0.6) is 0 Å². The number of allylic oxidation sites excluding steroid dienone is 1. The molecule has 0 aliphatic heterocycles. The summed E-state index contributed by atoms with van der Waals surface area (Å²) in [4.78, 5) is 13.8. The van der Waals surface area contributed by atoms with Gasteiger partial charge in [0.15, 0.2) is 5.78 Å². The van der Waals surface area contributed by atoms with Crippen molar-refractivity contribution >= 4 is 11.9 Å². The van der Waals surface area contributed by atoms with Crippen molar-refractivity contribution in [2.24, 2.45) is 0 Å². The molecule has 2 nitrogen and oxygen atoms in total. The van der Waals surface area contributed by atoms with Crippen LogP contribution in [0.25, 0.3) is 6.08 Å². The molecule has 0 aliphatic carbocycles. The summed E-state index contributed by atoms with van der Waals surface area (Å²) in [6.45, 7) is 2.68. The highest BCUT2D eigenvalue weighted by Gasteiger charge is 2.04. The summed E-state index contributed by atoms with van der Waals surface area (Å²) in [7, 11) is 3.95. The molecular weight excluding hydrogens is 198 g/mol. The van der Waals surface area contributed by atoms with Crippen LogP contribution in [-0.2, 0) is 4.79 Å². The third-order valence-electron chi connectivity index (χ3n) is 2.41. The summed E-state index contributed by atoms with van der Waals surface area (Å²) in [5.74, 6) is 0.220. The van der Waals surface area contributed by atoms with E-state index in [0.717, 1.165) is 17.7 Å². The summed E-state index contributed by atoms with van der Waals surface area (Å²) >= 11 is 0. The monoisotopic (exact) mass is 217 g/mol. The smallest absolute Gasteiger partial charge is 0.159 e. The Bertz CT molecular complexity index is 366. The topological polar surface area (TPSA) is 20.3 Å². The van der Waals surface area contributed by atoms with E-state index in [9.17, 15) is 4.79 Å². The Hall–Kier alpha value is -1.41. The number of ketones is 1. The molecule has 86 valence electrons. The molecule has 1 aromatic carbocycles. The van der Waals surface area contributed by atoms with Gasteiger partial charge in [0.1, 0.15) is 0 Å². The van der Waals surface area contributed by atoms with E-state index < -0.39 is 0 Å². The third-order valence-corrected chi connectivity index (χ3v) is 2.41. The highest BCUT2D eigenvalue weighted by atomic mass is 16.1. The van der Waals surface area contributed by atoms with Gasteiger partial charge in [-0.05, 0) is 38.2 Å². The summed E-state index contributed by atoms with van der Waals surface area (Å²) in [5.41, 5.74) is 1.91. The number of benzene rings is 1. The minimum Gasteiger partial charge on any atom is -0.309 e. The van der Waals surface area contributed by atoms with E-state index in [2.05, 4.69) is 0 Å². The minimum atomic E-state index is 0.220. The first-order chi connectivity index (χ1) is 7.59. The van der Waals surface area contributed by atoms with Crippen molar-refractivity contribution in [3.8, 4) is 0 Å². The molecule has 0 heterocycles. The molecule has 2 heteroatoms. The number of carbonyl (C=O) groups is 1. The fraction of sp³-hybridized carbons (Fsp3) is 0.357. The Kier molecular flexibility index (Phi) is 4.93. The Morgan fingerprint density at radius 3 is 2.44 bits per heavy atom. The summed E-state index contributed by atoms with van der Waals surface area (Å²) < 4.78 is 0. The zero-order valence-electron chi connectivity index (χ0n) is 10.2. The Morgan fingerprint density at radius 2 is 1.88 bits per heavy atom. The zero-order chi connectivity index (χ0) is 12.0. The van der Waals surface area contributed by atoms with E-state index in [1.807, 2.05) is 62.3 Å². The first-order valence-corrected chi connectivity index (χ1v) is 5.51. The van der Waals surface area contributed by atoms with Gasteiger partial charge in [-0.25, -0.2) is 0 Å². The van der Waals surface area contributed by atoms with Crippen molar-refractivity contribution in [2.75, 3.05) is 20.6 Å². The van der Waals surface area contributed by atoms with Gasteiger partial charge in [0.2, 0.25) is 0 Å². The van der Waals surface area contributed by atoms with Crippen molar-refractivity contribution in [3.05, 3.63) is 41.5 Å². The van der Waals surface area contributed by atoms with Crippen molar-refractivity contribution in [1.29, 1.82) is 0 Å². The van der Waals surface area contributed by atoms with Crippen LogP contribution in [0, 0.1) is 0 Å². The normalized spacial score (nSPS) is 11.9. The highest BCUT2D eigenvalue weighted by molar-refractivity contribution is 5.98. The van der Waals surface area contributed by atoms with E-state index in [0.29, 0.717) is 6.42 Å². The lowest BCUT2D eigenvalue weighted by molar-refractivity contribution is -0.115. The first-order valence-electron chi connectivity index (χ1n) is 5.51. The molecular formula is C14H19NO. The molecule has 0 aromatic heterocycles. The Morgan fingerprint density at radius 1 is 1.25 bits per heavy atom. The van der Waals surface area contributed by atoms with Crippen LogP contribution in [0.2, 0.25) is 0 Å². The maximum atomic E-state index is 11.8. The minimum absolute atomic E-state index is 0.220. The molecule has 0 amide bonds. The summed E-state index contributed by atoms with van der Waals surface area (Å²) in [6, 6.07) is 9.93. The highest BCUT2D eigenvalue weighted by Crippen LogP contribution is 2.08. The second kappa shape index (κ2) is 6.23. The van der Waals surface area contributed by atoms with Crippen LogP contribution in [0.4, 0.5) is 0 Å². The molecule has 0 saturated heterocycles. The second-order valence-electron chi connectivity index (χ2n) is 4.21. The van der Waals surface area contributed by atoms with Gasteiger partial charge in [-0.3, -0.25) is 4.79 Å². The van der Waals surface area contributed by atoms with Crippen LogP contribution in [0.15, 0.2) is 35.9 Å². The number of nitrogens with zero attached hydrogens (tertiary/aromatic N) is 1. The molecule has 0 fully saturated rings. The lowest BCUT2D eigenvalue weighted by Gasteiger charge is -2.08. The van der Waals surface area contributed by atoms with Gasteiger partial charge in [-0.15, -0.1) is 0 Å². The Labute approximate surface area is 97.6 Å². The van der Waals surface area contributed by atoms with E-state index in [-0.39, 0.29) is 5.78 Å². The lowest BCUT2D eigenvalue weighted by Crippen LogP contribution is -2.16. The standard InChI is InChI=1S/C14H19NO/c1-12(14(16)9-10-15(2)3)11-13-7-5-4-6-8-13/h4-8,11H,9-10H2,1-3H3/b12-11+. The van der Waals surface area contributed by atoms with E-state index >= 15 is 0 Å². The molecule has 0 spiro atoms. The third kappa shape index (κ3) is 4.41. The SMILES string of the molecule is C/C(=C\c1ccccc1)C(=O)CCN(C)C. The molecule has 1 rings (SSSR count). The fourth-order valence-electron chi connectivity index (χ4n) is 1.40. The van der Waals surface area contributed by atoms with Crippen molar-refractivity contribution in [1.82, 2.24) is 4.90 Å². The lowest BCUT2D eigenvalue weighted by atomic mass is 10.1. The Balaban J connectivity index is 2.60. The van der Waals surface area contributed by atoms with E-state index in [4.69, 9.17) is 0 Å². The van der Waals surface area contributed by atoms with Crippen LogP contribution < -0.4 is 0 Å². The average Bonchev–Trinajstić information content (AvgIpc) is 2.27. The molecule has 0 saturated carbocycles. The number of Topliss-reactive ketones (excluding diaryl/α,β-unsaturated/α-hetero) is 1. The summed E-state index contributed by atoms with van der Waals surface area (Å²) in [5, 5.41) is 0. The largest absolute Gasteiger partial charge is 0.309 e. The number of carbonyl (C=O) groups excluding carboxylic acids is 1. The predicted octanol–water partition coefficient (Wildman–Crippen LogP) is 2.61.